The molecule has 0 amide bonds. The average molecular weight is 304 g/mol. The second-order valence-corrected chi connectivity index (χ2v) is 4.82. The number of rotatable bonds is 2. The van der Waals surface area contributed by atoms with E-state index in [0.717, 1.165) is 16.5 Å². The van der Waals surface area contributed by atoms with E-state index >= 15 is 0 Å². The molecule has 0 aliphatic rings. The van der Waals surface area contributed by atoms with E-state index in [-0.39, 0.29) is 18.2 Å². The van der Waals surface area contributed by atoms with Gasteiger partial charge in [-0.3, -0.25) is 0 Å². The first-order valence-electron chi connectivity index (χ1n) is 6.33. The standard InChI is InChI=1S/C16H13NO3.ClH/c1-11-3-2-6-17(9-11)10-12-7-16(19)20-15-8-13(18)4-5-14(12)15;/h2-9H,10H2,1H3;1H. The Labute approximate surface area is 127 Å². The van der Waals surface area contributed by atoms with Gasteiger partial charge in [0.2, 0.25) is 0 Å². The molecule has 0 radical (unpaired) electrons. The van der Waals surface area contributed by atoms with Crippen LogP contribution in [-0.2, 0) is 6.54 Å². The lowest BCUT2D eigenvalue weighted by Crippen LogP contribution is -3.00. The summed E-state index contributed by atoms with van der Waals surface area (Å²) in [5.41, 5.74) is 2.01. The maximum Gasteiger partial charge on any atom is 0.336 e. The van der Waals surface area contributed by atoms with Crippen LogP contribution in [0.15, 0.2) is 58.0 Å². The molecule has 3 rings (SSSR count). The third-order valence-corrected chi connectivity index (χ3v) is 3.17. The third kappa shape index (κ3) is 3.23. The lowest BCUT2D eigenvalue weighted by atomic mass is 10.1. The van der Waals surface area contributed by atoms with Crippen LogP contribution in [0.2, 0.25) is 0 Å². The summed E-state index contributed by atoms with van der Waals surface area (Å²) in [6, 6.07) is 10.3. The van der Waals surface area contributed by atoms with Crippen molar-refractivity contribution in [2.75, 3.05) is 0 Å². The molecule has 0 atom stereocenters. The van der Waals surface area contributed by atoms with Gasteiger partial charge in [0, 0.05) is 34.7 Å². The van der Waals surface area contributed by atoms with Crippen LogP contribution in [-0.4, -0.2) is 5.11 Å². The Hall–Kier alpha value is -2.33. The maximum atomic E-state index is 11.6. The molecule has 0 spiro atoms. The number of pyridine rings is 1. The van der Waals surface area contributed by atoms with E-state index in [9.17, 15) is 9.90 Å². The SMILES string of the molecule is Cc1ccc[n+](Cc2cc(=O)oc3cc(O)ccc23)c1.[Cl-]. The minimum atomic E-state index is -0.411. The van der Waals surface area contributed by atoms with Gasteiger partial charge in [0.15, 0.2) is 18.9 Å². The maximum absolute atomic E-state index is 11.6. The summed E-state index contributed by atoms with van der Waals surface area (Å²) in [5.74, 6) is 0.0843. The summed E-state index contributed by atoms with van der Waals surface area (Å²) in [6.07, 6.45) is 3.97. The van der Waals surface area contributed by atoms with E-state index < -0.39 is 5.63 Å². The molecule has 2 aromatic heterocycles. The van der Waals surface area contributed by atoms with Crippen molar-refractivity contribution >= 4 is 11.0 Å². The Bertz CT molecular complexity index is 842. The summed E-state index contributed by atoms with van der Waals surface area (Å²) in [5, 5.41) is 10.3. The quantitative estimate of drug-likeness (QED) is 0.495. The molecule has 0 aliphatic carbocycles. The Kier molecular flexibility index (Phi) is 4.29. The van der Waals surface area contributed by atoms with Crippen molar-refractivity contribution in [1.29, 1.82) is 0 Å². The van der Waals surface area contributed by atoms with Crippen molar-refractivity contribution in [2.24, 2.45) is 0 Å². The van der Waals surface area contributed by atoms with Crippen LogP contribution in [0.3, 0.4) is 0 Å². The number of aryl methyl sites for hydroxylation is 1. The molecular weight excluding hydrogens is 290 g/mol. The highest BCUT2D eigenvalue weighted by Gasteiger charge is 2.10. The third-order valence-electron chi connectivity index (χ3n) is 3.17. The highest BCUT2D eigenvalue weighted by atomic mass is 35.5. The monoisotopic (exact) mass is 303 g/mol. The average Bonchev–Trinajstić information content (AvgIpc) is 2.37. The number of benzene rings is 1. The van der Waals surface area contributed by atoms with Crippen molar-refractivity contribution in [1.82, 2.24) is 0 Å². The molecule has 5 heteroatoms. The first-order chi connectivity index (χ1) is 9.61. The first-order valence-corrected chi connectivity index (χ1v) is 6.33. The van der Waals surface area contributed by atoms with Gasteiger partial charge in [-0.25, -0.2) is 9.36 Å². The molecule has 0 bridgehead atoms. The van der Waals surface area contributed by atoms with Gasteiger partial charge in [-0.15, -0.1) is 0 Å². The van der Waals surface area contributed by atoms with Gasteiger partial charge >= 0.3 is 5.63 Å². The van der Waals surface area contributed by atoms with Crippen LogP contribution < -0.4 is 22.6 Å². The lowest BCUT2D eigenvalue weighted by Gasteiger charge is -2.03. The fourth-order valence-corrected chi connectivity index (χ4v) is 2.30. The summed E-state index contributed by atoms with van der Waals surface area (Å²) < 4.78 is 7.13. The number of halogens is 1. The van der Waals surface area contributed by atoms with E-state index in [1.54, 1.807) is 12.1 Å². The molecule has 4 nitrogen and oxygen atoms in total. The van der Waals surface area contributed by atoms with Crippen LogP contribution in [0.5, 0.6) is 5.75 Å². The highest BCUT2D eigenvalue weighted by Crippen LogP contribution is 2.21. The predicted octanol–water partition coefficient (Wildman–Crippen LogP) is -0.853. The van der Waals surface area contributed by atoms with Crippen LogP contribution in [0.4, 0.5) is 0 Å². The number of fused-ring (bicyclic) bond motifs is 1. The number of hydrogen-bond acceptors (Lipinski definition) is 3. The van der Waals surface area contributed by atoms with Gasteiger partial charge in [-0.05, 0) is 25.1 Å². The molecule has 108 valence electrons. The lowest BCUT2D eigenvalue weighted by molar-refractivity contribution is -0.688. The Balaban J connectivity index is 0.00000161. The van der Waals surface area contributed by atoms with Crippen molar-refractivity contribution in [3.8, 4) is 5.75 Å². The van der Waals surface area contributed by atoms with E-state index in [1.807, 2.05) is 36.0 Å². The number of aromatic hydroxyl groups is 1. The Morgan fingerprint density at radius 1 is 1.24 bits per heavy atom. The molecule has 21 heavy (non-hydrogen) atoms. The van der Waals surface area contributed by atoms with Crippen molar-refractivity contribution in [3.05, 3.63) is 70.3 Å². The summed E-state index contributed by atoms with van der Waals surface area (Å²) in [4.78, 5) is 11.6. The normalized spacial score (nSPS) is 10.3. The number of hydrogen-bond donors (Lipinski definition) is 1. The fraction of sp³-hybridized carbons (Fsp3) is 0.125. The van der Waals surface area contributed by atoms with Crippen LogP contribution in [0, 0.1) is 6.92 Å². The van der Waals surface area contributed by atoms with Gasteiger partial charge < -0.3 is 21.9 Å². The Morgan fingerprint density at radius 3 is 2.81 bits per heavy atom. The smallest absolute Gasteiger partial charge is 0.336 e. The van der Waals surface area contributed by atoms with Gasteiger partial charge in [0.25, 0.3) is 0 Å². The molecule has 0 aliphatic heterocycles. The molecule has 0 saturated heterocycles. The Morgan fingerprint density at radius 2 is 2.05 bits per heavy atom. The second-order valence-electron chi connectivity index (χ2n) is 4.82. The van der Waals surface area contributed by atoms with Gasteiger partial charge in [-0.1, -0.05) is 0 Å². The molecule has 3 aromatic rings. The minimum absolute atomic E-state index is 0. The molecular formula is C16H14ClNO3. The zero-order valence-corrected chi connectivity index (χ0v) is 12.2. The minimum Gasteiger partial charge on any atom is -1.00 e. The van der Waals surface area contributed by atoms with Gasteiger partial charge in [0.05, 0.1) is 0 Å². The largest absolute Gasteiger partial charge is 1.00 e. The van der Waals surface area contributed by atoms with E-state index in [4.69, 9.17) is 4.42 Å². The second kappa shape index (κ2) is 5.97. The van der Waals surface area contributed by atoms with Crippen LogP contribution in [0.1, 0.15) is 11.1 Å². The van der Waals surface area contributed by atoms with Gasteiger partial charge in [-0.2, -0.15) is 0 Å². The summed E-state index contributed by atoms with van der Waals surface area (Å²) in [6.45, 7) is 2.60. The number of phenolic OH excluding ortho intramolecular Hbond substituents is 1. The number of aromatic nitrogens is 1. The molecule has 0 unspecified atom stereocenters. The zero-order chi connectivity index (χ0) is 14.1. The van der Waals surface area contributed by atoms with Crippen molar-refractivity contribution in [3.63, 3.8) is 0 Å². The van der Waals surface area contributed by atoms with E-state index in [1.165, 1.54) is 12.1 Å². The first kappa shape index (κ1) is 15.1. The van der Waals surface area contributed by atoms with E-state index in [0.29, 0.717) is 12.1 Å². The van der Waals surface area contributed by atoms with E-state index in [2.05, 4.69) is 0 Å². The predicted molar refractivity (Wildman–Crippen MR) is 74.6 cm³/mol. The van der Waals surface area contributed by atoms with Gasteiger partial charge in [0.1, 0.15) is 11.3 Å². The number of phenols is 1. The molecule has 0 fully saturated rings. The molecule has 0 saturated carbocycles. The molecule has 1 aromatic carbocycles. The van der Waals surface area contributed by atoms with Crippen molar-refractivity contribution in [2.45, 2.75) is 13.5 Å². The summed E-state index contributed by atoms with van der Waals surface area (Å²) in [7, 11) is 0. The highest BCUT2D eigenvalue weighted by molar-refractivity contribution is 5.81. The molecule has 2 heterocycles. The fourth-order valence-electron chi connectivity index (χ4n) is 2.30. The van der Waals surface area contributed by atoms with Crippen LogP contribution in [0.25, 0.3) is 11.0 Å². The topological polar surface area (TPSA) is 54.3 Å². The van der Waals surface area contributed by atoms with Crippen LogP contribution >= 0.6 is 0 Å². The number of nitrogens with zero attached hydrogens (tertiary/aromatic N) is 1. The zero-order valence-electron chi connectivity index (χ0n) is 11.4. The molecule has 1 N–H and O–H groups in total. The summed E-state index contributed by atoms with van der Waals surface area (Å²) >= 11 is 0. The van der Waals surface area contributed by atoms with Crippen molar-refractivity contribution < 1.29 is 26.5 Å².